The van der Waals surface area contributed by atoms with Gasteiger partial charge in [0.05, 0.1) is 13.7 Å². The Bertz CT molecular complexity index is 403. The van der Waals surface area contributed by atoms with Gasteiger partial charge in [0.1, 0.15) is 5.75 Å². The van der Waals surface area contributed by atoms with Crippen molar-refractivity contribution in [2.45, 2.75) is 45.7 Å². The van der Waals surface area contributed by atoms with E-state index in [-0.39, 0.29) is 18.0 Å². The molecule has 2 N–H and O–H groups in total. The van der Waals surface area contributed by atoms with E-state index in [2.05, 4.69) is 17.6 Å². The van der Waals surface area contributed by atoms with Crippen molar-refractivity contribution in [2.75, 3.05) is 13.7 Å². The smallest absolute Gasteiger partial charge is 0.234 e. The number of carbonyl (C=O) groups excluding carboxylic acids is 1. The summed E-state index contributed by atoms with van der Waals surface area (Å²) in [5, 5.41) is 6.22. The topological polar surface area (TPSA) is 50.4 Å². The summed E-state index contributed by atoms with van der Waals surface area (Å²) in [6.07, 6.45) is 2.09. The van der Waals surface area contributed by atoms with Crippen molar-refractivity contribution in [3.8, 4) is 5.75 Å². The van der Waals surface area contributed by atoms with Crippen LogP contribution in [0.2, 0.25) is 0 Å². The number of hydrogen-bond acceptors (Lipinski definition) is 3. The summed E-state index contributed by atoms with van der Waals surface area (Å²) in [7, 11) is 1.65. The Kier molecular flexibility index (Phi) is 7.09. The van der Waals surface area contributed by atoms with Crippen molar-refractivity contribution in [2.24, 2.45) is 0 Å². The van der Waals surface area contributed by atoms with E-state index in [9.17, 15) is 4.79 Å². The van der Waals surface area contributed by atoms with Gasteiger partial charge in [-0.05, 0) is 38.0 Å². The van der Waals surface area contributed by atoms with Crippen LogP contribution < -0.4 is 15.4 Å². The third kappa shape index (κ3) is 5.61. The Balaban J connectivity index is 2.38. The standard InChI is InChI=1S/C16H26N2O2/c1-5-6-12(2)18-16(19)11-17-13(3)14-7-9-15(20-4)10-8-14/h7-10,12-13,17H,5-6,11H2,1-4H3,(H,18,19). The average Bonchev–Trinajstić information content (AvgIpc) is 2.45. The van der Waals surface area contributed by atoms with Crippen LogP contribution in [0, 0.1) is 0 Å². The van der Waals surface area contributed by atoms with Crippen LogP contribution in [0.3, 0.4) is 0 Å². The molecule has 4 nitrogen and oxygen atoms in total. The maximum absolute atomic E-state index is 11.8. The lowest BCUT2D eigenvalue weighted by molar-refractivity contribution is -0.121. The molecule has 2 unspecified atom stereocenters. The lowest BCUT2D eigenvalue weighted by Gasteiger charge is -2.17. The lowest BCUT2D eigenvalue weighted by Crippen LogP contribution is -2.39. The highest BCUT2D eigenvalue weighted by molar-refractivity contribution is 5.78. The number of ether oxygens (including phenoxy) is 1. The third-order valence-electron chi connectivity index (χ3n) is 3.31. The zero-order valence-electron chi connectivity index (χ0n) is 12.9. The summed E-state index contributed by atoms with van der Waals surface area (Å²) in [6.45, 7) is 6.53. The van der Waals surface area contributed by atoms with E-state index in [1.165, 1.54) is 0 Å². The lowest BCUT2D eigenvalue weighted by atomic mass is 10.1. The van der Waals surface area contributed by atoms with Crippen LogP contribution in [0.5, 0.6) is 5.75 Å². The molecule has 1 aromatic carbocycles. The summed E-state index contributed by atoms with van der Waals surface area (Å²) in [6, 6.07) is 8.24. The van der Waals surface area contributed by atoms with Gasteiger partial charge in [-0.1, -0.05) is 25.5 Å². The molecule has 112 valence electrons. The van der Waals surface area contributed by atoms with Gasteiger partial charge in [-0.3, -0.25) is 4.79 Å². The molecular formula is C16H26N2O2. The highest BCUT2D eigenvalue weighted by Gasteiger charge is 2.09. The number of rotatable bonds is 8. The normalized spacial score (nSPS) is 13.6. The highest BCUT2D eigenvalue weighted by atomic mass is 16.5. The maximum atomic E-state index is 11.8. The van der Waals surface area contributed by atoms with Gasteiger partial charge in [0.15, 0.2) is 0 Å². The number of amides is 1. The van der Waals surface area contributed by atoms with Gasteiger partial charge < -0.3 is 15.4 Å². The summed E-state index contributed by atoms with van der Waals surface area (Å²) in [4.78, 5) is 11.8. The fourth-order valence-corrected chi connectivity index (χ4v) is 2.09. The van der Waals surface area contributed by atoms with Gasteiger partial charge in [0, 0.05) is 12.1 Å². The van der Waals surface area contributed by atoms with Gasteiger partial charge in [0.2, 0.25) is 5.91 Å². The minimum atomic E-state index is 0.0475. The maximum Gasteiger partial charge on any atom is 0.234 e. The molecule has 0 heterocycles. The van der Waals surface area contributed by atoms with Crippen molar-refractivity contribution < 1.29 is 9.53 Å². The van der Waals surface area contributed by atoms with Crippen molar-refractivity contribution >= 4 is 5.91 Å². The van der Waals surface area contributed by atoms with Crippen LogP contribution in [0.15, 0.2) is 24.3 Å². The van der Waals surface area contributed by atoms with Gasteiger partial charge in [-0.2, -0.15) is 0 Å². The Hall–Kier alpha value is -1.55. The zero-order chi connectivity index (χ0) is 15.0. The minimum Gasteiger partial charge on any atom is -0.497 e. The fraction of sp³-hybridized carbons (Fsp3) is 0.562. The number of methoxy groups -OCH3 is 1. The Morgan fingerprint density at radius 1 is 1.25 bits per heavy atom. The first-order valence-corrected chi connectivity index (χ1v) is 7.23. The monoisotopic (exact) mass is 278 g/mol. The van der Waals surface area contributed by atoms with Crippen LogP contribution in [0.1, 0.15) is 45.2 Å². The van der Waals surface area contributed by atoms with E-state index < -0.39 is 0 Å². The first kappa shape index (κ1) is 16.5. The first-order valence-electron chi connectivity index (χ1n) is 7.23. The van der Waals surface area contributed by atoms with Crippen LogP contribution in [0.25, 0.3) is 0 Å². The molecule has 0 saturated heterocycles. The Morgan fingerprint density at radius 2 is 1.90 bits per heavy atom. The number of nitrogens with one attached hydrogen (secondary N) is 2. The molecule has 0 bridgehead atoms. The number of carbonyl (C=O) groups is 1. The molecule has 2 atom stereocenters. The van der Waals surface area contributed by atoms with E-state index in [0.29, 0.717) is 6.54 Å². The molecular weight excluding hydrogens is 252 g/mol. The molecule has 0 aliphatic heterocycles. The Morgan fingerprint density at radius 3 is 2.45 bits per heavy atom. The first-order chi connectivity index (χ1) is 9.56. The van der Waals surface area contributed by atoms with Crippen molar-refractivity contribution in [1.29, 1.82) is 0 Å². The summed E-state index contributed by atoms with van der Waals surface area (Å²) in [5.41, 5.74) is 1.14. The minimum absolute atomic E-state index is 0.0475. The molecule has 20 heavy (non-hydrogen) atoms. The van der Waals surface area contributed by atoms with Gasteiger partial charge >= 0.3 is 0 Å². The van der Waals surface area contributed by atoms with Crippen LogP contribution >= 0.6 is 0 Å². The molecule has 0 aliphatic carbocycles. The SMILES string of the molecule is CCCC(C)NC(=O)CNC(C)c1ccc(OC)cc1. The second-order valence-corrected chi connectivity index (χ2v) is 5.13. The van der Waals surface area contributed by atoms with Gasteiger partial charge in [0.25, 0.3) is 0 Å². The quantitative estimate of drug-likeness (QED) is 0.768. The molecule has 0 spiro atoms. The van der Waals surface area contributed by atoms with E-state index in [0.717, 1.165) is 24.2 Å². The largest absolute Gasteiger partial charge is 0.497 e. The summed E-state index contributed by atoms with van der Waals surface area (Å²) >= 11 is 0. The predicted molar refractivity (Wildman–Crippen MR) is 81.9 cm³/mol. The van der Waals surface area contributed by atoms with Crippen LogP contribution in [-0.2, 0) is 4.79 Å². The van der Waals surface area contributed by atoms with E-state index in [1.54, 1.807) is 7.11 Å². The van der Waals surface area contributed by atoms with Crippen LogP contribution in [0.4, 0.5) is 0 Å². The van der Waals surface area contributed by atoms with E-state index in [1.807, 2.05) is 38.1 Å². The molecule has 1 rings (SSSR count). The molecule has 0 saturated carbocycles. The van der Waals surface area contributed by atoms with E-state index in [4.69, 9.17) is 4.74 Å². The van der Waals surface area contributed by atoms with Crippen LogP contribution in [-0.4, -0.2) is 25.6 Å². The van der Waals surface area contributed by atoms with E-state index >= 15 is 0 Å². The molecule has 1 amide bonds. The fourth-order valence-electron chi connectivity index (χ4n) is 2.09. The van der Waals surface area contributed by atoms with Crippen molar-refractivity contribution in [1.82, 2.24) is 10.6 Å². The molecule has 1 aromatic rings. The van der Waals surface area contributed by atoms with Crippen molar-refractivity contribution in [3.05, 3.63) is 29.8 Å². The summed E-state index contributed by atoms with van der Waals surface area (Å²) in [5.74, 6) is 0.887. The van der Waals surface area contributed by atoms with Gasteiger partial charge in [-0.25, -0.2) is 0 Å². The molecule has 0 aromatic heterocycles. The Labute approximate surface area is 121 Å². The molecule has 0 fully saturated rings. The second kappa shape index (κ2) is 8.59. The van der Waals surface area contributed by atoms with Gasteiger partial charge in [-0.15, -0.1) is 0 Å². The molecule has 4 heteroatoms. The summed E-state index contributed by atoms with van der Waals surface area (Å²) < 4.78 is 5.13. The predicted octanol–water partition coefficient (Wildman–Crippen LogP) is 2.65. The van der Waals surface area contributed by atoms with Crippen molar-refractivity contribution in [3.63, 3.8) is 0 Å². The third-order valence-corrected chi connectivity index (χ3v) is 3.31. The molecule has 0 radical (unpaired) electrons. The average molecular weight is 278 g/mol. The highest BCUT2D eigenvalue weighted by Crippen LogP contribution is 2.16. The number of hydrogen-bond donors (Lipinski definition) is 2. The zero-order valence-corrected chi connectivity index (χ0v) is 12.9. The molecule has 0 aliphatic rings. The second-order valence-electron chi connectivity index (χ2n) is 5.13. The number of benzene rings is 1.